The molecule has 2 N–H and O–H groups in total. The molecule has 0 atom stereocenters. The van der Waals surface area contributed by atoms with Gasteiger partial charge in [0.2, 0.25) is 5.75 Å². The first-order chi connectivity index (χ1) is 17.0. The van der Waals surface area contributed by atoms with Crippen molar-refractivity contribution in [3.63, 3.8) is 0 Å². The van der Waals surface area contributed by atoms with Gasteiger partial charge in [0, 0.05) is 5.56 Å². The number of benzene rings is 1. The van der Waals surface area contributed by atoms with Crippen molar-refractivity contribution in [2.45, 2.75) is 143 Å². The molecule has 0 aromatic heterocycles. The number of phenols is 1. The molecular weight excluding hydrogens is 440 g/mol. The van der Waals surface area contributed by atoms with Gasteiger partial charge in [-0.2, -0.15) is 0 Å². The maximum atomic E-state index is 11.3. The van der Waals surface area contributed by atoms with E-state index in [9.17, 15) is 15.0 Å². The van der Waals surface area contributed by atoms with Gasteiger partial charge in [-0.25, -0.2) is 4.79 Å². The Morgan fingerprint density at radius 3 is 1.74 bits per heavy atom. The van der Waals surface area contributed by atoms with E-state index in [1.807, 2.05) is 0 Å². The highest BCUT2D eigenvalue weighted by Gasteiger charge is 2.21. The summed E-state index contributed by atoms with van der Waals surface area (Å²) < 4.78 is 11.1. The second-order valence-corrected chi connectivity index (χ2v) is 9.86. The van der Waals surface area contributed by atoms with Gasteiger partial charge in [0.05, 0.1) is 6.61 Å². The van der Waals surface area contributed by atoms with Crippen molar-refractivity contribution < 1.29 is 24.5 Å². The van der Waals surface area contributed by atoms with Gasteiger partial charge in [-0.05, 0) is 43.7 Å². The molecule has 1 rings (SSSR count). The summed E-state index contributed by atoms with van der Waals surface area (Å²) in [6.45, 7) is 7.17. The third-order valence-electron chi connectivity index (χ3n) is 6.69. The van der Waals surface area contributed by atoms with Crippen LogP contribution in [0.1, 0.15) is 141 Å². The van der Waals surface area contributed by atoms with E-state index in [1.165, 1.54) is 70.6 Å². The molecule has 35 heavy (non-hydrogen) atoms. The van der Waals surface area contributed by atoms with Gasteiger partial charge in [0.25, 0.3) is 0 Å². The van der Waals surface area contributed by atoms with E-state index < -0.39 is 6.16 Å². The quantitative estimate of drug-likeness (QED) is 0.0957. The van der Waals surface area contributed by atoms with Crippen molar-refractivity contribution in [3.8, 4) is 17.2 Å². The fourth-order valence-electron chi connectivity index (χ4n) is 4.60. The fraction of sp³-hybridized carbons (Fsp3) is 0.767. The number of carbonyl (C=O) groups is 1. The van der Waals surface area contributed by atoms with Gasteiger partial charge in [-0.1, -0.05) is 111 Å². The second kappa shape index (κ2) is 20.3. The molecule has 0 amide bonds. The SMILES string of the molecule is CCCCCCCCCOc1c(O)c(OC(=O)O)cc(CCCCCCC)c1CCCCCCC. The Labute approximate surface area is 214 Å². The molecule has 0 spiro atoms. The zero-order valence-electron chi connectivity index (χ0n) is 22.8. The van der Waals surface area contributed by atoms with Crippen molar-refractivity contribution in [1.29, 1.82) is 0 Å². The lowest BCUT2D eigenvalue weighted by Crippen LogP contribution is -2.08. The van der Waals surface area contributed by atoms with E-state index in [0.29, 0.717) is 12.4 Å². The summed E-state index contributed by atoms with van der Waals surface area (Å²) in [5.74, 6) is 0.257. The average molecular weight is 493 g/mol. The number of ether oxygens (including phenoxy) is 2. The van der Waals surface area contributed by atoms with Crippen LogP contribution in [0.5, 0.6) is 17.2 Å². The molecule has 0 aliphatic carbocycles. The van der Waals surface area contributed by atoms with Crippen LogP contribution in [0, 0.1) is 0 Å². The van der Waals surface area contributed by atoms with Crippen molar-refractivity contribution in [3.05, 3.63) is 17.2 Å². The first kappa shape index (κ1) is 31.1. The van der Waals surface area contributed by atoms with Crippen LogP contribution >= 0.6 is 0 Å². The number of aromatic hydroxyl groups is 1. The largest absolute Gasteiger partial charge is 0.511 e. The molecule has 0 saturated heterocycles. The zero-order chi connectivity index (χ0) is 25.7. The molecule has 0 saturated carbocycles. The minimum absolute atomic E-state index is 0.00893. The first-order valence-electron chi connectivity index (χ1n) is 14.5. The molecule has 5 heteroatoms. The van der Waals surface area contributed by atoms with Gasteiger partial charge in [0.15, 0.2) is 11.5 Å². The molecule has 0 bridgehead atoms. The minimum Gasteiger partial charge on any atom is -0.502 e. The standard InChI is InChI=1S/C30H52O5/c1-4-7-10-13-14-17-20-23-34-29-26(22-19-16-12-9-6-3)25(21-18-15-11-8-5-2)24-27(28(29)31)35-30(32)33/h24,31H,4-23H2,1-3H3,(H,32,33). The molecule has 0 heterocycles. The minimum atomic E-state index is -1.42. The van der Waals surface area contributed by atoms with Crippen LogP contribution in [0.4, 0.5) is 4.79 Å². The Kier molecular flexibility index (Phi) is 18.0. The number of carboxylic acid groups (broad SMARTS) is 1. The number of rotatable bonds is 22. The van der Waals surface area contributed by atoms with E-state index in [0.717, 1.165) is 62.5 Å². The summed E-state index contributed by atoms with van der Waals surface area (Å²) in [6, 6.07) is 1.73. The van der Waals surface area contributed by atoms with Crippen molar-refractivity contribution in [2.75, 3.05) is 6.61 Å². The first-order valence-corrected chi connectivity index (χ1v) is 14.5. The Bertz CT molecular complexity index is 686. The lowest BCUT2D eigenvalue weighted by Gasteiger charge is -2.19. The van der Waals surface area contributed by atoms with Crippen molar-refractivity contribution >= 4 is 6.16 Å². The number of hydrogen-bond donors (Lipinski definition) is 2. The third-order valence-corrected chi connectivity index (χ3v) is 6.69. The topological polar surface area (TPSA) is 76.0 Å². The van der Waals surface area contributed by atoms with Gasteiger partial charge >= 0.3 is 6.16 Å². The predicted molar refractivity (Wildman–Crippen MR) is 145 cm³/mol. The maximum absolute atomic E-state index is 11.3. The molecule has 0 aliphatic rings. The summed E-state index contributed by atoms with van der Waals surface area (Å²) in [5.41, 5.74) is 2.09. The molecule has 5 nitrogen and oxygen atoms in total. The number of aryl methyl sites for hydroxylation is 1. The molecule has 0 fully saturated rings. The lowest BCUT2D eigenvalue weighted by molar-refractivity contribution is 0.142. The van der Waals surface area contributed by atoms with Crippen molar-refractivity contribution in [1.82, 2.24) is 0 Å². The predicted octanol–water partition coefficient (Wildman–Crippen LogP) is 9.60. The number of unbranched alkanes of at least 4 members (excludes halogenated alkanes) is 14. The fourth-order valence-corrected chi connectivity index (χ4v) is 4.60. The van der Waals surface area contributed by atoms with E-state index in [1.54, 1.807) is 6.07 Å². The molecule has 1 aromatic rings. The molecule has 0 unspecified atom stereocenters. The molecule has 202 valence electrons. The third kappa shape index (κ3) is 13.7. The van der Waals surface area contributed by atoms with E-state index in [2.05, 4.69) is 20.8 Å². The average Bonchev–Trinajstić information content (AvgIpc) is 2.83. The summed E-state index contributed by atoms with van der Waals surface area (Å²) in [4.78, 5) is 11.3. The summed E-state index contributed by atoms with van der Waals surface area (Å²) >= 11 is 0. The van der Waals surface area contributed by atoms with Crippen LogP contribution in [0.2, 0.25) is 0 Å². The van der Waals surface area contributed by atoms with Crippen LogP contribution in [0.15, 0.2) is 6.07 Å². The van der Waals surface area contributed by atoms with Crippen molar-refractivity contribution in [2.24, 2.45) is 0 Å². The normalized spacial score (nSPS) is 11.1. The Hall–Kier alpha value is -1.91. The Morgan fingerprint density at radius 2 is 1.20 bits per heavy atom. The maximum Gasteiger partial charge on any atom is 0.511 e. The number of hydrogen-bond acceptors (Lipinski definition) is 4. The van der Waals surface area contributed by atoms with Gasteiger partial charge < -0.3 is 19.7 Å². The lowest BCUT2D eigenvalue weighted by atomic mass is 9.94. The highest BCUT2D eigenvalue weighted by molar-refractivity contribution is 5.67. The monoisotopic (exact) mass is 492 g/mol. The smallest absolute Gasteiger partial charge is 0.502 e. The summed E-state index contributed by atoms with van der Waals surface area (Å²) in [7, 11) is 0. The van der Waals surface area contributed by atoms with Crippen LogP contribution < -0.4 is 9.47 Å². The number of phenolic OH excluding ortho intramolecular Hbond substituents is 1. The Morgan fingerprint density at radius 1 is 0.714 bits per heavy atom. The van der Waals surface area contributed by atoms with E-state index >= 15 is 0 Å². The molecule has 1 aromatic carbocycles. The van der Waals surface area contributed by atoms with Gasteiger partial charge in [-0.3, -0.25) is 0 Å². The van der Waals surface area contributed by atoms with Crippen LogP contribution in [-0.2, 0) is 12.8 Å². The molecule has 0 radical (unpaired) electrons. The van der Waals surface area contributed by atoms with Crippen LogP contribution in [-0.4, -0.2) is 23.0 Å². The summed E-state index contributed by atoms with van der Waals surface area (Å²) in [5, 5.41) is 20.1. The van der Waals surface area contributed by atoms with Gasteiger partial charge in [-0.15, -0.1) is 0 Å². The Balaban J connectivity index is 2.97. The second-order valence-electron chi connectivity index (χ2n) is 9.86. The highest BCUT2D eigenvalue weighted by atomic mass is 16.7. The van der Waals surface area contributed by atoms with E-state index in [-0.39, 0.29) is 11.5 Å². The van der Waals surface area contributed by atoms with Crippen LogP contribution in [0.25, 0.3) is 0 Å². The highest BCUT2D eigenvalue weighted by Crippen LogP contribution is 2.43. The molecular formula is C30H52O5. The van der Waals surface area contributed by atoms with E-state index in [4.69, 9.17) is 9.47 Å². The van der Waals surface area contributed by atoms with Crippen LogP contribution in [0.3, 0.4) is 0 Å². The zero-order valence-corrected chi connectivity index (χ0v) is 22.8. The summed E-state index contributed by atoms with van der Waals surface area (Å²) in [6.07, 6.45) is 20.3. The molecule has 0 aliphatic heterocycles. The van der Waals surface area contributed by atoms with Gasteiger partial charge in [0.1, 0.15) is 0 Å².